The average Bonchev–Trinajstić information content (AvgIpc) is 4.11. The monoisotopic (exact) mass is 801 g/mol. The minimum atomic E-state index is -3.10. The number of nitrogens with zero attached hydrogens (tertiary/aromatic N) is 5. The topological polar surface area (TPSA) is 109 Å². The number of alkyl halides is 4. The SMILES string of the molecule is N#Cc1ccccc1C(=O)N1CCC(F)(F)C(Oc2ccc3ccccc3n2)C1.O=C(c1cccc(C2CC2)c1)N1CCC(F)(F)C(Oc2ccc3ccccc3n2)C1. The molecule has 2 saturated heterocycles. The van der Waals surface area contributed by atoms with Crippen LogP contribution in [0.2, 0.25) is 0 Å². The van der Waals surface area contributed by atoms with Gasteiger partial charge in [0.2, 0.25) is 11.8 Å². The van der Waals surface area contributed by atoms with Crippen LogP contribution in [0.1, 0.15) is 63.4 Å². The van der Waals surface area contributed by atoms with Gasteiger partial charge in [0.25, 0.3) is 23.7 Å². The third kappa shape index (κ3) is 8.82. The number of rotatable bonds is 7. The number of likely N-dealkylation sites (tertiary alicyclic amines) is 2. The molecule has 3 fully saturated rings. The summed E-state index contributed by atoms with van der Waals surface area (Å²) in [6, 6.07) is 37.3. The summed E-state index contributed by atoms with van der Waals surface area (Å²) in [6.45, 7) is -0.574. The number of piperidine rings is 2. The molecule has 4 heterocycles. The Morgan fingerprint density at radius 2 is 1.17 bits per heavy atom. The number of pyridine rings is 2. The summed E-state index contributed by atoms with van der Waals surface area (Å²) in [6.07, 6.45) is -1.63. The Balaban J connectivity index is 0.000000164. The molecule has 2 amide bonds. The van der Waals surface area contributed by atoms with Gasteiger partial charge in [-0.3, -0.25) is 9.59 Å². The number of carbonyl (C=O) groups excluding carboxylic acids is 2. The molecule has 9 rings (SSSR count). The van der Waals surface area contributed by atoms with E-state index in [4.69, 9.17) is 9.47 Å². The Morgan fingerprint density at radius 1 is 0.644 bits per heavy atom. The molecule has 2 aliphatic heterocycles. The first kappa shape index (κ1) is 39.3. The second kappa shape index (κ2) is 16.4. The summed E-state index contributed by atoms with van der Waals surface area (Å²) in [5, 5.41) is 11.0. The van der Waals surface area contributed by atoms with Crippen molar-refractivity contribution in [2.24, 2.45) is 0 Å². The molecule has 1 aliphatic carbocycles. The van der Waals surface area contributed by atoms with E-state index in [-0.39, 0.29) is 55.0 Å². The Kier molecular flexibility index (Phi) is 10.9. The second-order valence-electron chi connectivity index (χ2n) is 15.0. The van der Waals surface area contributed by atoms with Crippen LogP contribution in [0.3, 0.4) is 0 Å². The molecule has 300 valence electrons. The number of ether oxygens (including phenoxy) is 2. The summed E-state index contributed by atoms with van der Waals surface area (Å²) in [5.74, 6) is -6.06. The van der Waals surface area contributed by atoms with Crippen molar-refractivity contribution in [1.29, 1.82) is 5.26 Å². The average molecular weight is 802 g/mol. The van der Waals surface area contributed by atoms with Crippen LogP contribution in [0.25, 0.3) is 21.8 Å². The van der Waals surface area contributed by atoms with E-state index < -0.39 is 42.8 Å². The highest BCUT2D eigenvalue weighted by Crippen LogP contribution is 2.40. The number of aromatic nitrogens is 2. The van der Waals surface area contributed by atoms with Crippen molar-refractivity contribution in [3.05, 3.63) is 144 Å². The third-order valence-corrected chi connectivity index (χ3v) is 10.9. The van der Waals surface area contributed by atoms with Gasteiger partial charge >= 0.3 is 0 Å². The van der Waals surface area contributed by atoms with Crippen LogP contribution in [0.4, 0.5) is 17.6 Å². The Bertz CT molecular complexity index is 2560. The summed E-state index contributed by atoms with van der Waals surface area (Å²) in [4.78, 5) is 37.2. The predicted molar refractivity (Wildman–Crippen MR) is 213 cm³/mol. The molecule has 0 bridgehead atoms. The first-order valence-electron chi connectivity index (χ1n) is 19.5. The Morgan fingerprint density at radius 3 is 1.73 bits per heavy atom. The number of halogens is 4. The lowest BCUT2D eigenvalue weighted by molar-refractivity contribution is -0.131. The van der Waals surface area contributed by atoms with Gasteiger partial charge < -0.3 is 19.3 Å². The van der Waals surface area contributed by atoms with Crippen LogP contribution in [-0.4, -0.2) is 81.8 Å². The summed E-state index contributed by atoms with van der Waals surface area (Å²) < 4.78 is 69.4. The lowest BCUT2D eigenvalue weighted by atomic mass is 10.0. The quantitative estimate of drug-likeness (QED) is 0.148. The van der Waals surface area contributed by atoms with Crippen LogP contribution in [0.15, 0.2) is 121 Å². The number of benzene rings is 4. The number of nitriles is 1. The van der Waals surface area contributed by atoms with Crippen molar-refractivity contribution in [2.45, 2.75) is 55.7 Å². The fraction of sp³-hybridized carbons (Fsp3) is 0.283. The molecule has 0 spiro atoms. The van der Waals surface area contributed by atoms with Gasteiger partial charge in [0.15, 0.2) is 12.2 Å². The van der Waals surface area contributed by atoms with Crippen LogP contribution in [0.5, 0.6) is 11.8 Å². The molecule has 3 aliphatic rings. The molecule has 59 heavy (non-hydrogen) atoms. The number of hydrogen-bond donors (Lipinski definition) is 0. The summed E-state index contributed by atoms with van der Waals surface area (Å²) in [7, 11) is 0. The molecule has 1 saturated carbocycles. The van der Waals surface area contributed by atoms with E-state index in [0.29, 0.717) is 22.5 Å². The first-order chi connectivity index (χ1) is 28.5. The van der Waals surface area contributed by atoms with Crippen molar-refractivity contribution in [1.82, 2.24) is 19.8 Å². The lowest BCUT2D eigenvalue weighted by Gasteiger charge is -2.38. The van der Waals surface area contributed by atoms with Crippen molar-refractivity contribution in [2.75, 3.05) is 26.2 Å². The molecule has 2 unspecified atom stereocenters. The van der Waals surface area contributed by atoms with E-state index >= 15 is 0 Å². The molecular weight excluding hydrogens is 763 g/mol. The predicted octanol–water partition coefficient (Wildman–Crippen LogP) is 9.08. The minimum absolute atomic E-state index is 0.00446. The van der Waals surface area contributed by atoms with Gasteiger partial charge in [-0.2, -0.15) is 5.26 Å². The minimum Gasteiger partial charge on any atom is -0.466 e. The van der Waals surface area contributed by atoms with Crippen LogP contribution in [-0.2, 0) is 0 Å². The Hall–Kier alpha value is -6.55. The number of fused-ring (bicyclic) bond motifs is 2. The van der Waals surface area contributed by atoms with E-state index in [0.717, 1.165) is 29.2 Å². The van der Waals surface area contributed by atoms with E-state index in [1.54, 1.807) is 54.6 Å². The molecule has 2 aromatic heterocycles. The molecule has 13 heteroatoms. The van der Waals surface area contributed by atoms with Gasteiger partial charge in [-0.25, -0.2) is 27.5 Å². The normalized spacial score (nSPS) is 19.6. The van der Waals surface area contributed by atoms with E-state index in [1.165, 1.54) is 21.9 Å². The van der Waals surface area contributed by atoms with Gasteiger partial charge in [0, 0.05) is 54.4 Å². The van der Waals surface area contributed by atoms with E-state index in [1.807, 2.05) is 60.7 Å². The zero-order valence-electron chi connectivity index (χ0n) is 31.8. The highest BCUT2D eigenvalue weighted by Gasteiger charge is 2.48. The second-order valence-corrected chi connectivity index (χ2v) is 15.0. The molecule has 6 aromatic rings. The molecule has 4 aromatic carbocycles. The maximum atomic E-state index is 14.6. The fourth-order valence-electron chi connectivity index (χ4n) is 7.34. The van der Waals surface area contributed by atoms with Crippen LogP contribution < -0.4 is 9.47 Å². The first-order valence-corrected chi connectivity index (χ1v) is 19.5. The summed E-state index contributed by atoms with van der Waals surface area (Å²) in [5.41, 5.74) is 3.42. The van der Waals surface area contributed by atoms with Gasteiger partial charge in [0.1, 0.15) is 0 Å². The van der Waals surface area contributed by atoms with Gasteiger partial charge in [-0.05, 0) is 72.9 Å². The van der Waals surface area contributed by atoms with Crippen molar-refractivity contribution < 1.29 is 36.6 Å². The van der Waals surface area contributed by atoms with Gasteiger partial charge in [0.05, 0.1) is 41.3 Å². The molecular formula is C46H39F4N5O4. The molecule has 0 radical (unpaired) electrons. The summed E-state index contributed by atoms with van der Waals surface area (Å²) >= 11 is 0. The van der Waals surface area contributed by atoms with E-state index in [2.05, 4.69) is 9.97 Å². The largest absolute Gasteiger partial charge is 0.466 e. The van der Waals surface area contributed by atoms with Crippen molar-refractivity contribution >= 4 is 33.6 Å². The number of carbonyl (C=O) groups is 2. The molecule has 2 atom stereocenters. The van der Waals surface area contributed by atoms with Gasteiger partial charge in [-0.1, -0.05) is 60.7 Å². The zero-order valence-corrected chi connectivity index (χ0v) is 31.8. The Labute approximate surface area is 337 Å². The maximum absolute atomic E-state index is 14.6. The smallest absolute Gasteiger partial charge is 0.287 e. The standard InChI is InChI=1S/C24H22F2N2O2.C22H17F2N3O2/c25-24(26)12-13-28(23(29)19-6-3-5-18(14-19)16-8-9-16)15-21(24)30-22-11-10-17-4-1-2-7-20(17)27-22;23-22(24)11-12-27(21(28)17-7-3-1-6-16(17)13-25)14-19(22)29-20-10-9-15-5-2-4-8-18(15)26-20/h1-7,10-11,14,16,21H,8-9,12-13,15H2;1-10,19H,11-12,14H2. The van der Waals surface area contributed by atoms with Crippen molar-refractivity contribution in [3.8, 4) is 17.8 Å². The lowest BCUT2D eigenvalue weighted by Crippen LogP contribution is -2.55. The number of para-hydroxylation sites is 2. The van der Waals surface area contributed by atoms with Crippen LogP contribution >= 0.6 is 0 Å². The molecule has 9 nitrogen and oxygen atoms in total. The number of amides is 2. The third-order valence-electron chi connectivity index (χ3n) is 10.9. The highest BCUT2D eigenvalue weighted by atomic mass is 19.3. The zero-order chi connectivity index (χ0) is 41.1. The van der Waals surface area contributed by atoms with Gasteiger partial charge in [-0.15, -0.1) is 0 Å². The fourth-order valence-corrected chi connectivity index (χ4v) is 7.34. The van der Waals surface area contributed by atoms with Crippen molar-refractivity contribution in [3.63, 3.8) is 0 Å². The molecule has 0 N–H and O–H groups in total. The highest BCUT2D eigenvalue weighted by molar-refractivity contribution is 5.97. The van der Waals surface area contributed by atoms with E-state index in [9.17, 15) is 32.4 Å². The van der Waals surface area contributed by atoms with Crippen LogP contribution in [0, 0.1) is 11.3 Å². The number of hydrogen-bond acceptors (Lipinski definition) is 7. The maximum Gasteiger partial charge on any atom is 0.287 e.